The van der Waals surface area contributed by atoms with E-state index in [9.17, 15) is 14.0 Å². The molecule has 2 amide bonds. The Balaban J connectivity index is 1.81. The normalized spacial score (nSPS) is 12.6. The first-order chi connectivity index (χ1) is 13.3. The third-order valence-corrected chi connectivity index (χ3v) is 4.77. The second kappa shape index (κ2) is 6.49. The van der Waals surface area contributed by atoms with E-state index in [0.717, 1.165) is 28.7 Å². The van der Waals surface area contributed by atoms with E-state index in [4.69, 9.17) is 5.73 Å². The molecule has 142 valence electrons. The molecular weight excluding hydrogens is 361 g/mol. The Bertz CT molecular complexity index is 1120. The van der Waals surface area contributed by atoms with E-state index >= 15 is 0 Å². The van der Waals surface area contributed by atoms with Crippen LogP contribution in [0.5, 0.6) is 0 Å². The summed E-state index contributed by atoms with van der Waals surface area (Å²) in [6, 6.07) is 9.37. The number of carbonyl (C=O) groups is 2. The summed E-state index contributed by atoms with van der Waals surface area (Å²) in [7, 11) is 1.82. The van der Waals surface area contributed by atoms with Crippen molar-refractivity contribution in [2.75, 3.05) is 10.2 Å². The number of hydrogen-bond donors (Lipinski definition) is 2. The molecule has 28 heavy (non-hydrogen) atoms. The molecule has 0 fully saturated rings. The van der Waals surface area contributed by atoms with Crippen LogP contribution in [0.25, 0.3) is 0 Å². The highest BCUT2D eigenvalue weighted by molar-refractivity contribution is 6.09. The van der Waals surface area contributed by atoms with E-state index in [1.54, 1.807) is 15.8 Å². The van der Waals surface area contributed by atoms with Gasteiger partial charge in [-0.3, -0.25) is 14.3 Å². The number of nitrogens with two attached hydrogens (primary N) is 1. The number of anilines is 3. The average Bonchev–Trinajstić information content (AvgIpc) is 2.90. The largest absolute Gasteiger partial charge is 0.366 e. The number of nitrogens with one attached hydrogen (secondary N) is 1. The molecule has 3 N–H and O–H groups in total. The van der Waals surface area contributed by atoms with Crippen LogP contribution in [0, 0.1) is 12.7 Å². The van der Waals surface area contributed by atoms with Gasteiger partial charge >= 0.3 is 0 Å². The van der Waals surface area contributed by atoms with Crippen molar-refractivity contribution < 1.29 is 14.0 Å². The summed E-state index contributed by atoms with van der Waals surface area (Å²) in [6.45, 7) is 2.23. The predicted molar refractivity (Wildman–Crippen MR) is 103 cm³/mol. The van der Waals surface area contributed by atoms with Gasteiger partial charge in [-0.05, 0) is 42.8 Å². The van der Waals surface area contributed by atoms with Crippen molar-refractivity contribution in [3.8, 4) is 0 Å². The molecule has 0 unspecified atom stereocenters. The van der Waals surface area contributed by atoms with Crippen molar-refractivity contribution in [3.05, 3.63) is 70.7 Å². The van der Waals surface area contributed by atoms with Crippen LogP contribution < -0.4 is 16.0 Å². The van der Waals surface area contributed by atoms with Crippen molar-refractivity contribution in [2.45, 2.75) is 13.5 Å². The van der Waals surface area contributed by atoms with Crippen LogP contribution >= 0.6 is 0 Å². The zero-order valence-electron chi connectivity index (χ0n) is 15.4. The van der Waals surface area contributed by atoms with Crippen LogP contribution in [-0.4, -0.2) is 21.6 Å². The highest BCUT2D eigenvalue weighted by Gasteiger charge is 2.27. The van der Waals surface area contributed by atoms with Gasteiger partial charge in [0.25, 0.3) is 11.8 Å². The topological polar surface area (TPSA) is 93.2 Å². The number of halogens is 1. The second-order valence-electron chi connectivity index (χ2n) is 6.74. The summed E-state index contributed by atoms with van der Waals surface area (Å²) >= 11 is 0. The fourth-order valence-electron chi connectivity index (χ4n) is 3.31. The average molecular weight is 379 g/mol. The number of fused-ring (bicyclic) bond motifs is 2. The number of aryl methyl sites for hydroxylation is 2. The van der Waals surface area contributed by atoms with Crippen LogP contribution in [0.15, 0.2) is 42.6 Å². The molecule has 2 heterocycles. The van der Waals surface area contributed by atoms with Gasteiger partial charge in [-0.15, -0.1) is 0 Å². The summed E-state index contributed by atoms with van der Waals surface area (Å²) in [5.74, 6) is -1.30. The number of nitrogens with zero attached hydrogens (tertiary/aromatic N) is 3. The minimum atomic E-state index is -0.878. The van der Waals surface area contributed by atoms with Gasteiger partial charge in [-0.2, -0.15) is 5.10 Å². The van der Waals surface area contributed by atoms with Crippen molar-refractivity contribution in [1.29, 1.82) is 0 Å². The van der Waals surface area contributed by atoms with E-state index in [-0.39, 0.29) is 17.7 Å². The minimum Gasteiger partial charge on any atom is -0.366 e. The third-order valence-electron chi connectivity index (χ3n) is 4.77. The Kier molecular flexibility index (Phi) is 4.11. The number of primary amides is 1. The van der Waals surface area contributed by atoms with Crippen molar-refractivity contribution in [3.63, 3.8) is 0 Å². The van der Waals surface area contributed by atoms with Gasteiger partial charge in [0.2, 0.25) is 0 Å². The van der Waals surface area contributed by atoms with E-state index in [1.165, 1.54) is 12.1 Å². The third kappa shape index (κ3) is 2.88. The Labute approximate surface area is 160 Å². The molecule has 4 rings (SSSR count). The molecule has 3 aromatic rings. The summed E-state index contributed by atoms with van der Waals surface area (Å²) in [6.07, 6.45) is 1.69. The predicted octanol–water partition coefficient (Wildman–Crippen LogP) is 2.87. The Morgan fingerprint density at radius 2 is 2.00 bits per heavy atom. The van der Waals surface area contributed by atoms with Gasteiger partial charge < -0.3 is 16.0 Å². The van der Waals surface area contributed by atoms with Crippen LogP contribution in [0.3, 0.4) is 0 Å². The molecular formula is C20H18FN5O2. The number of amides is 2. The standard InChI is InChI=1S/C20H18FN5O2/c1-11-3-6-17-16(7-11)24-19-13(9-23-25(19)2)10-26(17)20(28)12-4-5-14(18(22)27)15(21)8-12/h3-9,24H,10H2,1-2H3,(H2,22,27). The zero-order valence-corrected chi connectivity index (χ0v) is 15.4. The monoisotopic (exact) mass is 379 g/mol. The van der Waals surface area contributed by atoms with Gasteiger partial charge in [-0.1, -0.05) is 6.07 Å². The van der Waals surface area contributed by atoms with Gasteiger partial charge in [-0.25, -0.2) is 4.39 Å². The van der Waals surface area contributed by atoms with E-state index in [2.05, 4.69) is 10.4 Å². The van der Waals surface area contributed by atoms with Gasteiger partial charge in [0, 0.05) is 18.2 Å². The molecule has 0 aliphatic carbocycles. The lowest BCUT2D eigenvalue weighted by atomic mass is 10.1. The molecule has 2 aromatic carbocycles. The molecule has 0 saturated carbocycles. The quantitative estimate of drug-likeness (QED) is 0.716. The SMILES string of the molecule is Cc1ccc2c(c1)Nc1c(cnn1C)CN2C(=O)c1ccc(C(N)=O)c(F)c1. The lowest BCUT2D eigenvalue weighted by molar-refractivity contribution is 0.0976. The number of carbonyl (C=O) groups excluding carboxylic acids is 2. The Morgan fingerprint density at radius 1 is 1.21 bits per heavy atom. The van der Waals surface area contributed by atoms with E-state index in [1.807, 2.05) is 32.2 Å². The highest BCUT2D eigenvalue weighted by Crippen LogP contribution is 2.37. The number of hydrogen-bond acceptors (Lipinski definition) is 4. The molecule has 1 aliphatic rings. The summed E-state index contributed by atoms with van der Waals surface area (Å²) in [5.41, 5.74) is 8.31. The Morgan fingerprint density at radius 3 is 2.71 bits per heavy atom. The zero-order chi connectivity index (χ0) is 20.0. The highest BCUT2D eigenvalue weighted by atomic mass is 19.1. The van der Waals surface area contributed by atoms with Gasteiger partial charge in [0.05, 0.1) is 29.7 Å². The molecule has 1 aliphatic heterocycles. The number of benzene rings is 2. The molecule has 0 radical (unpaired) electrons. The van der Waals surface area contributed by atoms with E-state index in [0.29, 0.717) is 5.69 Å². The maximum absolute atomic E-state index is 14.2. The number of aromatic nitrogens is 2. The fraction of sp³-hybridized carbons (Fsp3) is 0.150. The van der Waals surface area contributed by atoms with Crippen molar-refractivity contribution in [2.24, 2.45) is 12.8 Å². The van der Waals surface area contributed by atoms with E-state index < -0.39 is 17.6 Å². The van der Waals surface area contributed by atoms with Crippen LogP contribution in [0.1, 0.15) is 31.8 Å². The minimum absolute atomic E-state index is 0.126. The molecule has 0 bridgehead atoms. The fourth-order valence-corrected chi connectivity index (χ4v) is 3.31. The van der Waals surface area contributed by atoms with Crippen LogP contribution in [0.2, 0.25) is 0 Å². The summed E-state index contributed by atoms with van der Waals surface area (Å²) in [5, 5.41) is 7.59. The first kappa shape index (κ1) is 17.7. The van der Waals surface area contributed by atoms with Gasteiger partial charge in [0.15, 0.2) is 0 Å². The summed E-state index contributed by atoms with van der Waals surface area (Å²) in [4.78, 5) is 26.1. The molecule has 0 spiro atoms. The number of rotatable bonds is 2. The first-order valence-corrected chi connectivity index (χ1v) is 8.65. The van der Waals surface area contributed by atoms with Gasteiger partial charge in [0.1, 0.15) is 11.6 Å². The maximum Gasteiger partial charge on any atom is 0.258 e. The first-order valence-electron chi connectivity index (χ1n) is 8.65. The molecule has 1 aromatic heterocycles. The Hall–Kier alpha value is -3.68. The van der Waals surface area contributed by atoms with Crippen molar-refractivity contribution in [1.82, 2.24) is 9.78 Å². The molecule has 0 saturated heterocycles. The summed E-state index contributed by atoms with van der Waals surface area (Å²) < 4.78 is 15.9. The molecule has 7 nitrogen and oxygen atoms in total. The molecule has 8 heteroatoms. The van der Waals surface area contributed by atoms with Crippen LogP contribution in [-0.2, 0) is 13.6 Å². The molecule has 0 atom stereocenters. The van der Waals surface area contributed by atoms with Crippen LogP contribution in [0.4, 0.5) is 21.6 Å². The smallest absolute Gasteiger partial charge is 0.258 e. The lowest BCUT2D eigenvalue weighted by Crippen LogP contribution is -2.30. The van der Waals surface area contributed by atoms with Crippen molar-refractivity contribution >= 4 is 29.0 Å². The second-order valence-corrected chi connectivity index (χ2v) is 6.74. The lowest BCUT2D eigenvalue weighted by Gasteiger charge is -2.23. The maximum atomic E-state index is 14.2.